The summed E-state index contributed by atoms with van der Waals surface area (Å²) in [6, 6.07) is 17.1. The lowest BCUT2D eigenvalue weighted by Gasteiger charge is -2.13. The van der Waals surface area contributed by atoms with Gasteiger partial charge >= 0.3 is 6.03 Å². The fourth-order valence-corrected chi connectivity index (χ4v) is 3.21. The first kappa shape index (κ1) is 21.2. The molecular formula is C23H19ClN4O4. The molecule has 4 rings (SSSR count). The molecule has 4 aromatic rings. The number of hydrogen-bond donors (Lipinski definition) is 2. The van der Waals surface area contributed by atoms with Crippen LogP contribution in [-0.4, -0.2) is 30.2 Å². The van der Waals surface area contributed by atoms with Crippen LogP contribution in [0.1, 0.15) is 0 Å². The maximum absolute atomic E-state index is 12.2. The molecule has 0 aliphatic heterocycles. The van der Waals surface area contributed by atoms with Gasteiger partial charge in [-0.05, 0) is 36.4 Å². The number of amides is 2. The molecule has 9 heteroatoms. The molecule has 0 saturated carbocycles. The van der Waals surface area contributed by atoms with Crippen LogP contribution in [0.25, 0.3) is 10.9 Å². The molecule has 32 heavy (non-hydrogen) atoms. The molecule has 2 aromatic carbocycles. The van der Waals surface area contributed by atoms with Crippen molar-refractivity contribution in [2.75, 3.05) is 24.9 Å². The minimum absolute atomic E-state index is 0.0907. The quantitative estimate of drug-likeness (QED) is 0.364. The number of benzene rings is 2. The summed E-state index contributed by atoms with van der Waals surface area (Å²) >= 11 is 6.31. The van der Waals surface area contributed by atoms with Gasteiger partial charge in [0, 0.05) is 23.3 Å². The lowest BCUT2D eigenvalue weighted by molar-refractivity contribution is 0.262. The number of nitrogens with one attached hydrogen (secondary N) is 2. The number of ether oxygens (including phenoxy) is 3. The smallest absolute Gasteiger partial charge is 0.324 e. The number of nitrogens with zero attached hydrogens (tertiary/aromatic N) is 2. The minimum atomic E-state index is -0.436. The molecule has 2 heterocycles. The molecule has 0 aliphatic carbocycles. The van der Waals surface area contributed by atoms with Crippen molar-refractivity contribution in [2.24, 2.45) is 0 Å². The normalized spacial score (nSPS) is 10.5. The molecule has 162 valence electrons. The number of rotatable bonds is 6. The van der Waals surface area contributed by atoms with Crippen LogP contribution >= 0.6 is 11.6 Å². The maximum Gasteiger partial charge on any atom is 0.324 e. The number of anilines is 2. The number of hydrogen-bond acceptors (Lipinski definition) is 6. The highest BCUT2D eigenvalue weighted by atomic mass is 35.5. The van der Waals surface area contributed by atoms with E-state index in [9.17, 15) is 4.79 Å². The van der Waals surface area contributed by atoms with Crippen molar-refractivity contribution in [1.29, 1.82) is 0 Å². The summed E-state index contributed by atoms with van der Waals surface area (Å²) in [6.45, 7) is 0. The molecule has 0 unspecified atom stereocenters. The predicted molar refractivity (Wildman–Crippen MR) is 123 cm³/mol. The molecule has 0 saturated heterocycles. The number of para-hydroxylation sites is 1. The lowest BCUT2D eigenvalue weighted by Crippen LogP contribution is -2.20. The van der Waals surface area contributed by atoms with E-state index in [-0.39, 0.29) is 11.0 Å². The monoisotopic (exact) mass is 450 g/mol. The Kier molecular flexibility index (Phi) is 6.23. The molecule has 0 spiro atoms. The Morgan fingerprint density at radius 1 is 0.875 bits per heavy atom. The standard InChI is InChI=1S/C23H19ClN4O4/c1-30-19-12-15-16(13-20(19)31-2)25-11-10-17(15)32-18-8-9-21(27-22(18)24)28-23(29)26-14-6-4-3-5-7-14/h3-13H,1-2H3,(H2,26,27,28,29). The van der Waals surface area contributed by atoms with Gasteiger partial charge in [-0.25, -0.2) is 9.78 Å². The van der Waals surface area contributed by atoms with Gasteiger partial charge < -0.3 is 19.5 Å². The fraction of sp³-hybridized carbons (Fsp3) is 0.0870. The van der Waals surface area contributed by atoms with E-state index in [1.54, 1.807) is 62.9 Å². The van der Waals surface area contributed by atoms with Crippen molar-refractivity contribution in [3.05, 3.63) is 72.0 Å². The number of fused-ring (bicyclic) bond motifs is 1. The maximum atomic E-state index is 12.2. The Morgan fingerprint density at radius 3 is 2.34 bits per heavy atom. The van der Waals surface area contributed by atoms with Gasteiger partial charge in [-0.3, -0.25) is 10.3 Å². The Balaban J connectivity index is 1.54. The number of aromatic nitrogens is 2. The average molecular weight is 451 g/mol. The third-order valence-electron chi connectivity index (χ3n) is 4.51. The first-order chi connectivity index (χ1) is 15.6. The third-order valence-corrected chi connectivity index (χ3v) is 4.79. The van der Waals surface area contributed by atoms with Gasteiger partial charge in [0.25, 0.3) is 0 Å². The molecule has 0 bridgehead atoms. The van der Waals surface area contributed by atoms with E-state index in [0.29, 0.717) is 39.6 Å². The van der Waals surface area contributed by atoms with Crippen molar-refractivity contribution in [3.8, 4) is 23.0 Å². The summed E-state index contributed by atoms with van der Waals surface area (Å²) in [7, 11) is 3.12. The van der Waals surface area contributed by atoms with Gasteiger partial charge in [0.15, 0.2) is 22.4 Å². The Bertz CT molecular complexity index is 1270. The van der Waals surface area contributed by atoms with Crippen molar-refractivity contribution < 1.29 is 19.0 Å². The van der Waals surface area contributed by atoms with Crippen molar-refractivity contribution >= 4 is 40.0 Å². The van der Waals surface area contributed by atoms with Crippen LogP contribution in [0.2, 0.25) is 5.15 Å². The first-order valence-electron chi connectivity index (χ1n) is 9.55. The number of urea groups is 1. The second-order valence-electron chi connectivity index (χ2n) is 6.57. The number of methoxy groups -OCH3 is 2. The zero-order valence-corrected chi connectivity index (χ0v) is 18.0. The van der Waals surface area contributed by atoms with E-state index in [1.165, 1.54) is 0 Å². The highest BCUT2D eigenvalue weighted by Gasteiger charge is 2.14. The van der Waals surface area contributed by atoms with Crippen molar-refractivity contribution in [2.45, 2.75) is 0 Å². The van der Waals surface area contributed by atoms with E-state index in [1.807, 2.05) is 18.2 Å². The Labute approximate surface area is 189 Å². The van der Waals surface area contributed by atoms with Crippen LogP contribution in [0.15, 0.2) is 66.9 Å². The van der Waals surface area contributed by atoms with Crippen molar-refractivity contribution in [1.82, 2.24) is 9.97 Å². The van der Waals surface area contributed by atoms with Crippen LogP contribution in [-0.2, 0) is 0 Å². The molecule has 2 aromatic heterocycles. The van der Waals surface area contributed by atoms with Crippen LogP contribution in [0, 0.1) is 0 Å². The summed E-state index contributed by atoms with van der Waals surface area (Å²) in [6.07, 6.45) is 1.62. The lowest BCUT2D eigenvalue weighted by atomic mass is 10.2. The molecule has 8 nitrogen and oxygen atoms in total. The van der Waals surface area contributed by atoms with Gasteiger partial charge in [-0.15, -0.1) is 0 Å². The van der Waals surface area contributed by atoms with Crippen LogP contribution in [0.4, 0.5) is 16.3 Å². The van der Waals surface area contributed by atoms with E-state index >= 15 is 0 Å². The summed E-state index contributed by atoms with van der Waals surface area (Å²) in [5.41, 5.74) is 1.33. The Hall–Kier alpha value is -4.04. The summed E-state index contributed by atoms with van der Waals surface area (Å²) in [5, 5.41) is 6.15. The van der Waals surface area contributed by atoms with Crippen LogP contribution in [0.5, 0.6) is 23.0 Å². The minimum Gasteiger partial charge on any atom is -0.493 e. The van der Waals surface area contributed by atoms with E-state index in [4.69, 9.17) is 25.8 Å². The van der Waals surface area contributed by atoms with Gasteiger partial charge in [0.2, 0.25) is 0 Å². The molecule has 0 atom stereocenters. The second-order valence-corrected chi connectivity index (χ2v) is 6.92. The Morgan fingerprint density at radius 2 is 1.62 bits per heavy atom. The molecule has 0 fully saturated rings. The molecule has 2 amide bonds. The van der Waals surface area contributed by atoms with E-state index < -0.39 is 6.03 Å². The van der Waals surface area contributed by atoms with Crippen molar-refractivity contribution in [3.63, 3.8) is 0 Å². The average Bonchev–Trinajstić information content (AvgIpc) is 2.80. The molecular weight excluding hydrogens is 432 g/mol. The van der Waals surface area contributed by atoms with Gasteiger partial charge in [-0.1, -0.05) is 29.8 Å². The van der Waals surface area contributed by atoms with Gasteiger partial charge in [-0.2, -0.15) is 0 Å². The largest absolute Gasteiger partial charge is 0.493 e. The number of carbonyl (C=O) groups excluding carboxylic acids is 1. The fourth-order valence-electron chi connectivity index (χ4n) is 3.02. The molecule has 0 aliphatic rings. The van der Waals surface area contributed by atoms with Crippen LogP contribution in [0.3, 0.4) is 0 Å². The van der Waals surface area contributed by atoms with E-state index in [0.717, 1.165) is 0 Å². The summed E-state index contributed by atoms with van der Waals surface area (Å²) < 4.78 is 16.7. The molecule has 2 N–H and O–H groups in total. The topological polar surface area (TPSA) is 94.6 Å². The highest BCUT2D eigenvalue weighted by molar-refractivity contribution is 6.31. The first-order valence-corrected chi connectivity index (χ1v) is 9.93. The summed E-state index contributed by atoms with van der Waals surface area (Å²) in [4.78, 5) is 20.7. The number of pyridine rings is 2. The zero-order valence-electron chi connectivity index (χ0n) is 17.3. The van der Waals surface area contributed by atoms with Gasteiger partial charge in [0.1, 0.15) is 11.6 Å². The van der Waals surface area contributed by atoms with E-state index in [2.05, 4.69) is 20.6 Å². The second kappa shape index (κ2) is 9.40. The number of carbonyl (C=O) groups is 1. The van der Waals surface area contributed by atoms with Crippen LogP contribution < -0.4 is 24.8 Å². The number of halogens is 1. The SMILES string of the molecule is COc1cc2nccc(Oc3ccc(NC(=O)Nc4ccccc4)nc3Cl)c2cc1OC. The zero-order chi connectivity index (χ0) is 22.5. The molecule has 0 radical (unpaired) electrons. The highest BCUT2D eigenvalue weighted by Crippen LogP contribution is 2.38. The summed E-state index contributed by atoms with van der Waals surface area (Å²) in [5.74, 6) is 2.23. The van der Waals surface area contributed by atoms with Gasteiger partial charge in [0.05, 0.1) is 19.7 Å². The third kappa shape index (κ3) is 4.65. The predicted octanol–water partition coefficient (Wildman–Crippen LogP) is 5.74.